The molecule has 0 amide bonds. The van der Waals surface area contributed by atoms with Crippen molar-refractivity contribution in [1.29, 1.82) is 0 Å². The number of likely N-dealkylation sites (tertiary alicyclic amines) is 1. The van der Waals surface area contributed by atoms with Gasteiger partial charge in [-0.05, 0) is 37.6 Å². The summed E-state index contributed by atoms with van der Waals surface area (Å²) in [7, 11) is 0. The lowest BCUT2D eigenvalue weighted by atomic mass is 10.1. The van der Waals surface area contributed by atoms with Crippen LogP contribution >= 0.6 is 0 Å². The lowest BCUT2D eigenvalue weighted by molar-refractivity contribution is 0.324. The first-order chi connectivity index (χ1) is 7.31. The SMILES string of the molecule is NCc1cccc(F)c1CN1CCCC1. The van der Waals surface area contributed by atoms with E-state index in [-0.39, 0.29) is 5.82 Å². The van der Waals surface area contributed by atoms with Gasteiger partial charge in [-0.25, -0.2) is 4.39 Å². The Labute approximate surface area is 89.9 Å². The minimum Gasteiger partial charge on any atom is -0.326 e. The molecule has 0 saturated carbocycles. The third-order valence-corrected chi connectivity index (χ3v) is 3.02. The Morgan fingerprint density at radius 3 is 2.67 bits per heavy atom. The molecule has 1 aliphatic heterocycles. The van der Waals surface area contributed by atoms with Gasteiger partial charge in [0.2, 0.25) is 0 Å². The highest BCUT2D eigenvalue weighted by Gasteiger charge is 2.15. The molecule has 0 aliphatic carbocycles. The molecule has 0 atom stereocenters. The van der Waals surface area contributed by atoms with Crippen LogP contribution in [0.25, 0.3) is 0 Å². The maximum Gasteiger partial charge on any atom is 0.128 e. The second-order valence-corrected chi connectivity index (χ2v) is 4.06. The van der Waals surface area contributed by atoms with Crippen LogP contribution in [0, 0.1) is 5.82 Å². The van der Waals surface area contributed by atoms with Gasteiger partial charge in [0, 0.05) is 18.7 Å². The molecule has 0 radical (unpaired) electrons. The predicted molar refractivity (Wildman–Crippen MR) is 58.8 cm³/mol. The molecule has 3 heteroatoms. The van der Waals surface area contributed by atoms with E-state index in [1.54, 1.807) is 6.07 Å². The molecule has 2 N–H and O–H groups in total. The van der Waals surface area contributed by atoms with Gasteiger partial charge in [0.25, 0.3) is 0 Å². The van der Waals surface area contributed by atoms with E-state index in [2.05, 4.69) is 4.90 Å². The van der Waals surface area contributed by atoms with Crippen LogP contribution in [0.15, 0.2) is 18.2 Å². The maximum absolute atomic E-state index is 13.6. The summed E-state index contributed by atoms with van der Waals surface area (Å²) in [6, 6.07) is 5.16. The summed E-state index contributed by atoms with van der Waals surface area (Å²) >= 11 is 0. The number of hydrogen-bond acceptors (Lipinski definition) is 2. The fourth-order valence-corrected chi connectivity index (χ4v) is 2.14. The summed E-state index contributed by atoms with van der Waals surface area (Å²) in [6.45, 7) is 3.29. The predicted octanol–water partition coefficient (Wildman–Crippen LogP) is 1.88. The van der Waals surface area contributed by atoms with Crippen molar-refractivity contribution in [2.24, 2.45) is 5.73 Å². The average Bonchev–Trinajstić information content (AvgIpc) is 2.74. The summed E-state index contributed by atoms with van der Waals surface area (Å²) in [6.07, 6.45) is 2.46. The maximum atomic E-state index is 13.6. The summed E-state index contributed by atoms with van der Waals surface area (Å²) in [5.41, 5.74) is 7.32. The van der Waals surface area contributed by atoms with Gasteiger partial charge in [0.15, 0.2) is 0 Å². The van der Waals surface area contributed by atoms with Crippen molar-refractivity contribution < 1.29 is 4.39 Å². The Morgan fingerprint density at radius 2 is 2.00 bits per heavy atom. The number of halogens is 1. The number of nitrogens with two attached hydrogens (primary N) is 1. The van der Waals surface area contributed by atoms with Gasteiger partial charge < -0.3 is 5.73 Å². The van der Waals surface area contributed by atoms with E-state index in [1.807, 2.05) is 6.07 Å². The lowest BCUT2D eigenvalue weighted by Gasteiger charge is -2.17. The summed E-state index contributed by atoms with van der Waals surface area (Å²) in [5.74, 6) is -0.121. The minimum absolute atomic E-state index is 0.121. The Bertz CT molecular complexity index is 332. The van der Waals surface area contributed by atoms with Crippen LogP contribution in [0.1, 0.15) is 24.0 Å². The van der Waals surface area contributed by atoms with Crippen LogP contribution in [-0.2, 0) is 13.1 Å². The highest BCUT2D eigenvalue weighted by molar-refractivity contribution is 5.28. The Kier molecular flexibility index (Phi) is 3.34. The largest absolute Gasteiger partial charge is 0.326 e. The highest BCUT2D eigenvalue weighted by atomic mass is 19.1. The molecule has 0 spiro atoms. The van der Waals surface area contributed by atoms with E-state index in [1.165, 1.54) is 18.9 Å². The molecule has 0 bridgehead atoms. The fourth-order valence-electron chi connectivity index (χ4n) is 2.14. The molecular weight excluding hydrogens is 191 g/mol. The van der Waals surface area contributed by atoms with Crippen molar-refractivity contribution in [3.8, 4) is 0 Å². The molecule has 1 aromatic carbocycles. The van der Waals surface area contributed by atoms with Crippen molar-refractivity contribution in [2.45, 2.75) is 25.9 Å². The smallest absolute Gasteiger partial charge is 0.128 e. The first-order valence-electron chi connectivity index (χ1n) is 5.50. The van der Waals surface area contributed by atoms with E-state index < -0.39 is 0 Å². The van der Waals surface area contributed by atoms with Crippen molar-refractivity contribution >= 4 is 0 Å². The van der Waals surface area contributed by atoms with Gasteiger partial charge >= 0.3 is 0 Å². The minimum atomic E-state index is -0.121. The Morgan fingerprint density at radius 1 is 1.27 bits per heavy atom. The molecule has 82 valence electrons. The zero-order valence-corrected chi connectivity index (χ0v) is 8.88. The summed E-state index contributed by atoms with van der Waals surface area (Å²) in [4.78, 5) is 2.29. The number of rotatable bonds is 3. The first-order valence-corrected chi connectivity index (χ1v) is 5.50. The molecule has 1 aliphatic rings. The van der Waals surface area contributed by atoms with Crippen molar-refractivity contribution in [3.63, 3.8) is 0 Å². The van der Waals surface area contributed by atoms with Crippen LogP contribution in [0.4, 0.5) is 4.39 Å². The Balaban J connectivity index is 2.17. The zero-order chi connectivity index (χ0) is 10.7. The fraction of sp³-hybridized carbons (Fsp3) is 0.500. The third-order valence-electron chi connectivity index (χ3n) is 3.02. The van der Waals surface area contributed by atoms with Crippen LogP contribution in [0.5, 0.6) is 0 Å². The van der Waals surface area contributed by atoms with E-state index in [4.69, 9.17) is 5.73 Å². The molecule has 1 saturated heterocycles. The molecule has 2 rings (SSSR count). The van der Waals surface area contributed by atoms with E-state index in [9.17, 15) is 4.39 Å². The van der Waals surface area contributed by atoms with Gasteiger partial charge in [0.05, 0.1) is 0 Å². The molecule has 1 fully saturated rings. The van der Waals surface area contributed by atoms with Gasteiger partial charge in [-0.15, -0.1) is 0 Å². The molecule has 0 unspecified atom stereocenters. The van der Waals surface area contributed by atoms with Crippen LogP contribution in [-0.4, -0.2) is 18.0 Å². The van der Waals surface area contributed by atoms with E-state index >= 15 is 0 Å². The van der Waals surface area contributed by atoms with E-state index in [0.717, 1.165) is 24.2 Å². The van der Waals surface area contributed by atoms with Crippen LogP contribution in [0.3, 0.4) is 0 Å². The van der Waals surface area contributed by atoms with Crippen LogP contribution < -0.4 is 5.73 Å². The average molecular weight is 208 g/mol. The summed E-state index contributed by atoms with van der Waals surface area (Å²) < 4.78 is 13.6. The van der Waals surface area contributed by atoms with Crippen LogP contribution in [0.2, 0.25) is 0 Å². The topological polar surface area (TPSA) is 29.3 Å². The van der Waals surface area contributed by atoms with Crippen molar-refractivity contribution in [1.82, 2.24) is 4.90 Å². The van der Waals surface area contributed by atoms with Gasteiger partial charge in [-0.3, -0.25) is 4.90 Å². The number of hydrogen-bond donors (Lipinski definition) is 1. The zero-order valence-electron chi connectivity index (χ0n) is 8.88. The van der Waals surface area contributed by atoms with Gasteiger partial charge in [-0.2, -0.15) is 0 Å². The van der Waals surface area contributed by atoms with Crippen molar-refractivity contribution in [3.05, 3.63) is 35.1 Å². The molecule has 0 aromatic heterocycles. The third kappa shape index (κ3) is 2.36. The standard InChI is InChI=1S/C12H17FN2/c13-12-5-3-4-10(8-14)11(12)9-15-6-1-2-7-15/h3-5H,1-2,6-9,14H2. The van der Waals surface area contributed by atoms with Gasteiger partial charge in [0.1, 0.15) is 5.82 Å². The lowest BCUT2D eigenvalue weighted by Crippen LogP contribution is -2.20. The van der Waals surface area contributed by atoms with Gasteiger partial charge in [-0.1, -0.05) is 12.1 Å². The summed E-state index contributed by atoms with van der Waals surface area (Å²) in [5, 5.41) is 0. The molecule has 2 nitrogen and oxygen atoms in total. The second-order valence-electron chi connectivity index (χ2n) is 4.06. The Hall–Kier alpha value is -0.930. The quantitative estimate of drug-likeness (QED) is 0.821. The highest BCUT2D eigenvalue weighted by Crippen LogP contribution is 2.18. The molecule has 1 aromatic rings. The monoisotopic (exact) mass is 208 g/mol. The molecular formula is C12H17FN2. The molecule has 1 heterocycles. The number of nitrogens with zero attached hydrogens (tertiary/aromatic N) is 1. The normalized spacial score (nSPS) is 17.2. The first kappa shape index (κ1) is 10.6. The van der Waals surface area contributed by atoms with Crippen molar-refractivity contribution in [2.75, 3.05) is 13.1 Å². The second kappa shape index (κ2) is 4.73. The molecule has 15 heavy (non-hydrogen) atoms. The number of benzene rings is 1. The van der Waals surface area contributed by atoms with E-state index in [0.29, 0.717) is 13.1 Å².